The largest absolute Gasteiger partial charge is 0.472 e. The summed E-state index contributed by atoms with van der Waals surface area (Å²) in [6, 6.07) is 14.6. The molecule has 0 radical (unpaired) electrons. The molecule has 1 saturated heterocycles. The van der Waals surface area contributed by atoms with Crippen LogP contribution in [-0.4, -0.2) is 28.9 Å². The lowest BCUT2D eigenvalue weighted by molar-refractivity contribution is 0.100. The Bertz CT molecular complexity index is 1210. The van der Waals surface area contributed by atoms with Crippen LogP contribution in [0.15, 0.2) is 59.4 Å². The Hall–Kier alpha value is -3.16. The average Bonchev–Trinajstić information content (AvgIpc) is 3.43. The maximum Gasteiger partial charge on any atom is 0.260 e. The predicted molar refractivity (Wildman–Crippen MR) is 124 cm³/mol. The molecular weight excluding hydrogens is 408 g/mol. The molecule has 4 aromatic rings. The molecular formula is C24H24N4O2S. The van der Waals surface area contributed by atoms with Gasteiger partial charge in [-0.2, -0.15) is 0 Å². The predicted octanol–water partition coefficient (Wildman–Crippen LogP) is 4.62. The molecule has 0 bridgehead atoms. The van der Waals surface area contributed by atoms with Gasteiger partial charge in [-0.05, 0) is 49.2 Å². The van der Waals surface area contributed by atoms with Crippen LogP contribution >= 0.6 is 11.3 Å². The number of likely N-dealkylation sites (tertiary alicyclic amines) is 1. The third kappa shape index (κ3) is 3.82. The van der Waals surface area contributed by atoms with Gasteiger partial charge in [0, 0.05) is 29.1 Å². The number of hydrogen-bond acceptors (Lipinski definition) is 6. The summed E-state index contributed by atoms with van der Waals surface area (Å²) in [5.74, 6) is -0.156. The van der Waals surface area contributed by atoms with E-state index in [4.69, 9.17) is 20.9 Å². The summed E-state index contributed by atoms with van der Waals surface area (Å²) in [6.07, 6.45) is 5.42. The number of rotatable bonds is 5. The zero-order valence-corrected chi connectivity index (χ0v) is 17.9. The third-order valence-electron chi connectivity index (χ3n) is 6.03. The lowest BCUT2D eigenvalue weighted by atomic mass is 9.91. The number of thiophene rings is 1. The van der Waals surface area contributed by atoms with Crippen molar-refractivity contribution in [3.8, 4) is 11.1 Å². The van der Waals surface area contributed by atoms with Crippen molar-refractivity contribution in [1.82, 2.24) is 9.88 Å². The SMILES string of the molecule is NC(=O)c1sc2nc(C3CCN(Cc4ccccc4)CC3)cc(-c3ccoc3)c2c1N. The summed E-state index contributed by atoms with van der Waals surface area (Å²) < 4.78 is 5.31. The Kier molecular flexibility index (Phi) is 5.21. The average molecular weight is 433 g/mol. The van der Waals surface area contributed by atoms with Crippen molar-refractivity contribution < 1.29 is 9.21 Å². The first-order chi connectivity index (χ1) is 15.1. The van der Waals surface area contributed by atoms with Crippen molar-refractivity contribution >= 4 is 33.1 Å². The summed E-state index contributed by atoms with van der Waals surface area (Å²) in [5, 5.41) is 0.783. The Labute approximate surface area is 184 Å². The van der Waals surface area contributed by atoms with E-state index in [2.05, 4.69) is 41.3 Å². The van der Waals surface area contributed by atoms with Crippen LogP contribution in [0.1, 0.15) is 39.7 Å². The van der Waals surface area contributed by atoms with Crippen molar-refractivity contribution in [1.29, 1.82) is 0 Å². The number of nitrogens with two attached hydrogens (primary N) is 2. The molecule has 4 heterocycles. The number of furan rings is 1. The van der Waals surface area contributed by atoms with Gasteiger partial charge in [-0.15, -0.1) is 11.3 Å². The van der Waals surface area contributed by atoms with Crippen LogP contribution in [0.2, 0.25) is 0 Å². The number of nitrogen functional groups attached to an aromatic ring is 1. The lowest BCUT2D eigenvalue weighted by Crippen LogP contribution is -2.32. The molecule has 1 aromatic carbocycles. The van der Waals surface area contributed by atoms with E-state index >= 15 is 0 Å². The van der Waals surface area contributed by atoms with Crippen molar-refractivity contribution in [2.45, 2.75) is 25.3 Å². The van der Waals surface area contributed by atoms with E-state index in [1.807, 2.05) is 6.07 Å². The highest BCUT2D eigenvalue weighted by Crippen LogP contribution is 2.41. The fourth-order valence-electron chi connectivity index (χ4n) is 4.41. The van der Waals surface area contributed by atoms with Crippen LogP contribution in [0.3, 0.4) is 0 Å². The number of aromatic nitrogens is 1. The van der Waals surface area contributed by atoms with Crippen LogP contribution in [0.4, 0.5) is 5.69 Å². The number of fused-ring (bicyclic) bond motifs is 1. The van der Waals surface area contributed by atoms with Crippen LogP contribution < -0.4 is 11.5 Å². The number of nitrogens with zero attached hydrogens (tertiary/aromatic N) is 2. The number of amides is 1. The molecule has 0 aliphatic carbocycles. The van der Waals surface area contributed by atoms with Crippen LogP contribution in [0.5, 0.6) is 0 Å². The molecule has 0 spiro atoms. The van der Waals surface area contributed by atoms with Crippen LogP contribution in [0.25, 0.3) is 21.3 Å². The van der Waals surface area contributed by atoms with Gasteiger partial charge in [0.15, 0.2) is 0 Å². The summed E-state index contributed by atoms with van der Waals surface area (Å²) in [7, 11) is 0. The van der Waals surface area contributed by atoms with Gasteiger partial charge in [0.05, 0.1) is 18.2 Å². The number of carbonyl (C=O) groups excluding carboxylic acids is 1. The summed E-state index contributed by atoms with van der Waals surface area (Å²) in [5.41, 5.74) is 16.5. The van der Waals surface area contributed by atoms with Crippen LogP contribution in [-0.2, 0) is 6.54 Å². The summed E-state index contributed by atoms with van der Waals surface area (Å²) >= 11 is 1.27. The molecule has 1 fully saturated rings. The molecule has 4 N–H and O–H groups in total. The quantitative estimate of drug-likeness (QED) is 0.480. The van der Waals surface area contributed by atoms with Gasteiger partial charge in [-0.25, -0.2) is 4.98 Å². The first kappa shape index (κ1) is 19.8. The smallest absolute Gasteiger partial charge is 0.260 e. The van der Waals surface area contributed by atoms with Gasteiger partial charge < -0.3 is 15.9 Å². The fraction of sp³-hybridized carbons (Fsp3) is 0.250. The van der Waals surface area contributed by atoms with Crippen LogP contribution in [0, 0.1) is 0 Å². The number of pyridine rings is 1. The lowest BCUT2D eigenvalue weighted by Gasteiger charge is -2.32. The minimum atomic E-state index is -0.519. The number of piperidine rings is 1. The molecule has 3 aromatic heterocycles. The van der Waals surface area contributed by atoms with E-state index in [0.717, 1.165) is 59.5 Å². The van der Waals surface area contributed by atoms with E-state index in [1.165, 1.54) is 16.9 Å². The highest BCUT2D eigenvalue weighted by molar-refractivity contribution is 7.21. The number of carbonyl (C=O) groups is 1. The monoisotopic (exact) mass is 432 g/mol. The minimum absolute atomic E-state index is 0.363. The van der Waals surface area contributed by atoms with Gasteiger partial charge in [0.25, 0.3) is 5.91 Å². The number of benzene rings is 1. The maximum atomic E-state index is 11.9. The molecule has 1 amide bonds. The first-order valence-electron chi connectivity index (χ1n) is 10.4. The molecule has 158 valence electrons. The number of anilines is 1. The van der Waals surface area contributed by atoms with Crippen molar-refractivity contribution in [3.63, 3.8) is 0 Å². The van der Waals surface area contributed by atoms with E-state index < -0.39 is 5.91 Å². The fourth-order valence-corrected chi connectivity index (χ4v) is 5.39. The molecule has 0 unspecified atom stereocenters. The van der Waals surface area contributed by atoms with E-state index in [-0.39, 0.29) is 0 Å². The topological polar surface area (TPSA) is 98.4 Å². The second kappa shape index (κ2) is 8.17. The number of hydrogen-bond donors (Lipinski definition) is 2. The van der Waals surface area contributed by atoms with Crippen molar-refractivity contribution in [3.05, 3.63) is 71.1 Å². The summed E-state index contributed by atoms with van der Waals surface area (Å²) in [4.78, 5) is 20.4. The highest BCUT2D eigenvalue weighted by atomic mass is 32.1. The van der Waals surface area contributed by atoms with Crippen molar-refractivity contribution in [2.75, 3.05) is 18.8 Å². The second-order valence-electron chi connectivity index (χ2n) is 8.03. The van der Waals surface area contributed by atoms with Gasteiger partial charge >= 0.3 is 0 Å². The van der Waals surface area contributed by atoms with E-state index in [1.54, 1.807) is 12.5 Å². The van der Waals surface area contributed by atoms with E-state index in [0.29, 0.717) is 16.5 Å². The molecule has 0 saturated carbocycles. The van der Waals surface area contributed by atoms with Crippen molar-refractivity contribution in [2.24, 2.45) is 5.73 Å². The first-order valence-corrected chi connectivity index (χ1v) is 11.2. The third-order valence-corrected chi connectivity index (χ3v) is 7.14. The maximum absolute atomic E-state index is 11.9. The van der Waals surface area contributed by atoms with Gasteiger partial charge in [-0.1, -0.05) is 30.3 Å². The molecule has 5 rings (SSSR count). The Balaban J connectivity index is 1.45. The second-order valence-corrected chi connectivity index (χ2v) is 9.03. The normalized spacial score (nSPS) is 15.5. The molecule has 0 atom stereocenters. The standard InChI is InChI=1S/C24H24N4O2S/c25-21-20-18(17-8-11-30-14-17)12-19(27-24(20)31-22(21)23(26)29)16-6-9-28(10-7-16)13-15-4-2-1-3-5-15/h1-5,8,11-12,14,16H,6-7,9-10,13,25H2,(H2,26,29). The van der Waals surface area contributed by atoms with Gasteiger partial charge in [-0.3, -0.25) is 9.69 Å². The molecule has 7 heteroatoms. The zero-order chi connectivity index (χ0) is 21.4. The van der Waals surface area contributed by atoms with E-state index in [9.17, 15) is 4.79 Å². The Morgan fingerprint density at radius 1 is 1.19 bits per heavy atom. The minimum Gasteiger partial charge on any atom is -0.472 e. The van der Waals surface area contributed by atoms with Gasteiger partial charge in [0.1, 0.15) is 9.71 Å². The highest BCUT2D eigenvalue weighted by Gasteiger charge is 2.25. The molecule has 1 aliphatic heterocycles. The Morgan fingerprint density at radius 2 is 1.97 bits per heavy atom. The molecule has 31 heavy (non-hydrogen) atoms. The zero-order valence-electron chi connectivity index (χ0n) is 17.1. The Morgan fingerprint density at radius 3 is 2.65 bits per heavy atom. The number of primary amides is 1. The molecule has 1 aliphatic rings. The van der Waals surface area contributed by atoms with Gasteiger partial charge in [0.2, 0.25) is 0 Å². The summed E-state index contributed by atoms with van der Waals surface area (Å²) in [6.45, 7) is 3.03. The molecule has 6 nitrogen and oxygen atoms in total.